The first-order valence-corrected chi connectivity index (χ1v) is 13.4. The lowest BCUT2D eigenvalue weighted by Gasteiger charge is -2.34. The van der Waals surface area contributed by atoms with Crippen molar-refractivity contribution in [3.8, 4) is 34.5 Å². The van der Waals surface area contributed by atoms with E-state index in [9.17, 15) is 0 Å². The predicted molar refractivity (Wildman–Crippen MR) is 164 cm³/mol. The third kappa shape index (κ3) is 3.99. The molecule has 0 N–H and O–H groups in total. The maximum Gasteiger partial charge on any atom is 0.151 e. The van der Waals surface area contributed by atoms with Gasteiger partial charge in [-0.2, -0.15) is 0 Å². The van der Waals surface area contributed by atoms with Crippen LogP contribution in [0.1, 0.15) is 22.3 Å². The Balaban J connectivity index is 1.42. The van der Waals surface area contributed by atoms with Crippen LogP contribution in [0.15, 0.2) is 122 Å². The molecule has 0 bridgehead atoms. The average molecular weight is 515 g/mol. The SMILES string of the molecule is Cc1cccc(C#Cc2cccc(C)c2N2c3ccccc3Oc3ccccc32)c1-c1cccc2ccncc12. The molecule has 0 fully saturated rings. The Bertz CT molecular complexity index is 1930. The lowest BCUT2D eigenvalue weighted by Crippen LogP contribution is -2.17. The molecule has 1 aliphatic heterocycles. The number of aryl methyl sites for hydroxylation is 2. The summed E-state index contributed by atoms with van der Waals surface area (Å²) in [5.41, 5.74) is 9.62. The van der Waals surface area contributed by atoms with Crippen molar-refractivity contribution in [1.82, 2.24) is 4.98 Å². The summed E-state index contributed by atoms with van der Waals surface area (Å²) in [5.74, 6) is 8.78. The minimum absolute atomic E-state index is 0.828. The largest absolute Gasteiger partial charge is 0.453 e. The number of ether oxygens (including phenoxy) is 1. The molecule has 1 aromatic heterocycles. The van der Waals surface area contributed by atoms with Gasteiger partial charge >= 0.3 is 0 Å². The van der Waals surface area contributed by atoms with E-state index < -0.39 is 0 Å². The molecule has 1 aliphatic rings. The van der Waals surface area contributed by atoms with Crippen LogP contribution in [0.4, 0.5) is 17.1 Å². The van der Waals surface area contributed by atoms with Gasteiger partial charge in [0.25, 0.3) is 0 Å². The molecule has 190 valence electrons. The number of aromatic nitrogens is 1. The van der Waals surface area contributed by atoms with Crippen molar-refractivity contribution in [3.63, 3.8) is 0 Å². The van der Waals surface area contributed by atoms with Crippen LogP contribution in [0.5, 0.6) is 11.5 Å². The highest BCUT2D eigenvalue weighted by Gasteiger charge is 2.27. The zero-order chi connectivity index (χ0) is 27.1. The van der Waals surface area contributed by atoms with Gasteiger partial charge in [-0.25, -0.2) is 0 Å². The minimum Gasteiger partial charge on any atom is -0.453 e. The van der Waals surface area contributed by atoms with Gasteiger partial charge in [0, 0.05) is 34.5 Å². The summed E-state index contributed by atoms with van der Waals surface area (Å²) in [4.78, 5) is 6.69. The normalized spacial score (nSPS) is 11.7. The highest BCUT2D eigenvalue weighted by molar-refractivity contribution is 5.98. The van der Waals surface area contributed by atoms with E-state index in [0.29, 0.717) is 0 Å². The fourth-order valence-electron chi connectivity index (χ4n) is 5.60. The van der Waals surface area contributed by atoms with Crippen molar-refractivity contribution in [1.29, 1.82) is 0 Å². The van der Waals surface area contributed by atoms with Gasteiger partial charge < -0.3 is 9.64 Å². The first kappa shape index (κ1) is 23.8. The lowest BCUT2D eigenvalue weighted by atomic mass is 9.92. The zero-order valence-corrected chi connectivity index (χ0v) is 22.3. The molecule has 0 aliphatic carbocycles. The van der Waals surface area contributed by atoms with E-state index in [0.717, 1.165) is 61.8 Å². The molecule has 0 amide bonds. The van der Waals surface area contributed by atoms with Gasteiger partial charge in [0.15, 0.2) is 11.5 Å². The van der Waals surface area contributed by atoms with E-state index in [1.54, 1.807) is 0 Å². The summed E-state index contributed by atoms with van der Waals surface area (Å²) >= 11 is 0. The predicted octanol–water partition coefficient (Wildman–Crippen LogP) is 9.49. The topological polar surface area (TPSA) is 25.4 Å². The van der Waals surface area contributed by atoms with Gasteiger partial charge in [-0.1, -0.05) is 78.6 Å². The highest BCUT2D eigenvalue weighted by Crippen LogP contribution is 2.51. The Morgan fingerprint density at radius 3 is 2.05 bits per heavy atom. The molecule has 0 saturated heterocycles. The first-order chi connectivity index (χ1) is 19.7. The van der Waals surface area contributed by atoms with E-state index >= 15 is 0 Å². The Kier molecular flexibility index (Phi) is 5.80. The number of pyridine rings is 1. The molecule has 3 heteroatoms. The Hall–Kier alpha value is -5.33. The number of fused-ring (bicyclic) bond motifs is 3. The summed E-state index contributed by atoms with van der Waals surface area (Å²) < 4.78 is 6.27. The maximum absolute atomic E-state index is 6.27. The summed E-state index contributed by atoms with van der Waals surface area (Å²) in [5, 5.41) is 2.29. The molecule has 5 aromatic carbocycles. The second kappa shape index (κ2) is 9.76. The first-order valence-electron chi connectivity index (χ1n) is 13.4. The number of hydrogen-bond acceptors (Lipinski definition) is 3. The Labute approximate surface area is 234 Å². The zero-order valence-electron chi connectivity index (χ0n) is 22.3. The van der Waals surface area contributed by atoms with Crippen LogP contribution in [-0.2, 0) is 0 Å². The molecule has 40 heavy (non-hydrogen) atoms. The van der Waals surface area contributed by atoms with Gasteiger partial charge in [0.05, 0.1) is 17.1 Å². The Morgan fingerprint density at radius 2 is 1.27 bits per heavy atom. The van der Waals surface area contributed by atoms with Crippen LogP contribution >= 0.6 is 0 Å². The van der Waals surface area contributed by atoms with E-state index in [1.807, 2.05) is 48.8 Å². The van der Waals surface area contributed by atoms with E-state index in [2.05, 4.69) is 108 Å². The van der Waals surface area contributed by atoms with Crippen molar-refractivity contribution in [2.75, 3.05) is 4.90 Å². The molecule has 0 saturated carbocycles. The second-order valence-corrected chi connectivity index (χ2v) is 9.99. The van der Waals surface area contributed by atoms with Crippen LogP contribution in [0, 0.1) is 25.7 Å². The molecule has 3 nitrogen and oxygen atoms in total. The van der Waals surface area contributed by atoms with Crippen LogP contribution in [0.2, 0.25) is 0 Å². The number of anilines is 3. The van der Waals surface area contributed by atoms with Crippen molar-refractivity contribution in [2.24, 2.45) is 0 Å². The van der Waals surface area contributed by atoms with Crippen molar-refractivity contribution >= 4 is 27.8 Å². The quantitative estimate of drug-likeness (QED) is 0.215. The molecular formula is C37H26N2O. The van der Waals surface area contributed by atoms with Gasteiger partial charge in [0.1, 0.15) is 0 Å². The lowest BCUT2D eigenvalue weighted by molar-refractivity contribution is 0.477. The minimum atomic E-state index is 0.828. The van der Waals surface area contributed by atoms with Crippen molar-refractivity contribution in [3.05, 3.63) is 144 Å². The number of nitrogens with zero attached hydrogens (tertiary/aromatic N) is 2. The van der Waals surface area contributed by atoms with Gasteiger partial charge in [-0.05, 0) is 78.4 Å². The molecule has 7 rings (SSSR count). The van der Waals surface area contributed by atoms with Crippen LogP contribution < -0.4 is 9.64 Å². The molecule has 6 aromatic rings. The van der Waals surface area contributed by atoms with Gasteiger partial charge in [-0.3, -0.25) is 4.98 Å². The fourth-order valence-corrected chi connectivity index (χ4v) is 5.60. The average Bonchev–Trinajstić information content (AvgIpc) is 2.99. The molecule has 0 spiro atoms. The summed E-state index contributed by atoms with van der Waals surface area (Å²) in [6, 6.07) is 37.4. The molecule has 2 heterocycles. The summed E-state index contributed by atoms with van der Waals surface area (Å²) in [7, 11) is 0. The highest BCUT2D eigenvalue weighted by atomic mass is 16.5. The van der Waals surface area contributed by atoms with E-state index in [4.69, 9.17) is 4.74 Å². The number of rotatable bonds is 2. The van der Waals surface area contributed by atoms with Gasteiger partial charge in [0.2, 0.25) is 0 Å². The third-order valence-electron chi connectivity index (χ3n) is 7.45. The second-order valence-electron chi connectivity index (χ2n) is 9.99. The molecule has 0 atom stereocenters. The van der Waals surface area contributed by atoms with Crippen molar-refractivity contribution < 1.29 is 4.74 Å². The summed E-state index contributed by atoms with van der Waals surface area (Å²) in [6.07, 6.45) is 3.78. The number of benzene rings is 5. The Morgan fingerprint density at radius 1 is 0.625 bits per heavy atom. The van der Waals surface area contributed by atoms with Crippen molar-refractivity contribution in [2.45, 2.75) is 13.8 Å². The smallest absolute Gasteiger partial charge is 0.151 e. The fraction of sp³-hybridized carbons (Fsp3) is 0.0541. The molecule has 0 radical (unpaired) electrons. The molecule has 0 unspecified atom stereocenters. The standard InChI is InChI=1S/C37H26N2O/c1-25-10-7-13-28(36(25)30-15-9-12-27-22-23-38-24-31(27)30)20-21-29-14-8-11-26(2)37(29)39-32-16-3-5-18-34(32)40-35-19-6-4-17-33(35)39/h3-19,22-24H,1-2H3. The van der Waals surface area contributed by atoms with E-state index in [1.165, 1.54) is 10.9 Å². The van der Waals surface area contributed by atoms with E-state index in [-0.39, 0.29) is 0 Å². The monoisotopic (exact) mass is 514 g/mol. The number of hydrogen-bond donors (Lipinski definition) is 0. The van der Waals surface area contributed by atoms with Crippen LogP contribution in [0.25, 0.3) is 21.9 Å². The molecular weight excluding hydrogens is 488 g/mol. The third-order valence-corrected chi connectivity index (χ3v) is 7.45. The number of para-hydroxylation sites is 5. The summed E-state index contributed by atoms with van der Waals surface area (Å²) in [6.45, 7) is 4.29. The maximum atomic E-state index is 6.27. The van der Waals surface area contributed by atoms with Crippen LogP contribution in [0.3, 0.4) is 0 Å². The van der Waals surface area contributed by atoms with Gasteiger partial charge in [-0.15, -0.1) is 0 Å². The van der Waals surface area contributed by atoms with Crippen LogP contribution in [-0.4, -0.2) is 4.98 Å².